The summed E-state index contributed by atoms with van der Waals surface area (Å²) < 4.78 is 11.4. The maximum atomic E-state index is 10.2. The summed E-state index contributed by atoms with van der Waals surface area (Å²) in [6, 6.07) is 0. The molecule has 0 amide bonds. The summed E-state index contributed by atoms with van der Waals surface area (Å²) in [6.45, 7) is 7.03. The largest absolute Gasteiger partial charge is 0.506 e. The predicted molar refractivity (Wildman–Crippen MR) is 71.7 cm³/mol. The van der Waals surface area contributed by atoms with E-state index in [0.717, 1.165) is 16.8 Å². The van der Waals surface area contributed by atoms with Gasteiger partial charge in [0.05, 0.1) is 24.6 Å². The topological polar surface area (TPSA) is 54.8 Å². The van der Waals surface area contributed by atoms with Gasteiger partial charge in [-0.15, -0.1) is 0 Å². The van der Waals surface area contributed by atoms with Crippen LogP contribution in [0.5, 0.6) is 5.75 Å². The zero-order valence-corrected chi connectivity index (χ0v) is 12.3. The Morgan fingerprint density at radius 1 is 1.21 bits per heavy atom. The van der Waals surface area contributed by atoms with Crippen LogP contribution in [-0.4, -0.2) is 34.9 Å². The van der Waals surface area contributed by atoms with E-state index in [0.29, 0.717) is 25.5 Å². The van der Waals surface area contributed by atoms with Gasteiger partial charge >= 0.3 is 0 Å². The number of aryl methyl sites for hydroxylation is 1. The van der Waals surface area contributed by atoms with Crippen molar-refractivity contribution >= 4 is 0 Å². The van der Waals surface area contributed by atoms with E-state index in [1.54, 1.807) is 0 Å². The first-order valence-electron chi connectivity index (χ1n) is 6.43. The quantitative estimate of drug-likeness (QED) is 0.886. The molecular weight excluding hydrogens is 244 g/mol. The van der Waals surface area contributed by atoms with Crippen molar-refractivity contribution in [3.8, 4) is 5.75 Å². The van der Waals surface area contributed by atoms with E-state index in [1.165, 1.54) is 0 Å². The van der Waals surface area contributed by atoms with Crippen LogP contribution in [0.4, 0.5) is 0 Å². The molecule has 1 aromatic heterocycles. The Morgan fingerprint density at radius 3 is 2.37 bits per heavy atom. The van der Waals surface area contributed by atoms with Crippen molar-refractivity contribution in [2.45, 2.75) is 46.3 Å². The van der Waals surface area contributed by atoms with Crippen molar-refractivity contribution in [3.63, 3.8) is 0 Å². The van der Waals surface area contributed by atoms with Crippen molar-refractivity contribution in [1.29, 1.82) is 0 Å². The van der Waals surface area contributed by atoms with Crippen LogP contribution in [0.1, 0.15) is 36.4 Å². The third-order valence-corrected chi connectivity index (χ3v) is 3.24. The van der Waals surface area contributed by atoms with Crippen LogP contribution >= 0.6 is 0 Å². The standard InChI is InChI=1S/C14H22N2O3/c1-9-13(17)11-8-19-14(2,3)18-7-10(11)12(15-9)6-16(4)5/h17H,6-8H2,1-5H3. The molecule has 0 radical (unpaired) electrons. The molecule has 1 aliphatic rings. The highest BCUT2D eigenvalue weighted by molar-refractivity contribution is 5.44. The van der Waals surface area contributed by atoms with Crippen molar-refractivity contribution in [2.24, 2.45) is 0 Å². The minimum absolute atomic E-state index is 0.221. The SMILES string of the molecule is Cc1nc(CN(C)C)c2c(c1O)COC(C)(C)OC2. The Kier molecular flexibility index (Phi) is 3.80. The average Bonchev–Trinajstić information content (AvgIpc) is 2.44. The predicted octanol–water partition coefficient (Wildman–Crippen LogP) is 1.94. The van der Waals surface area contributed by atoms with Gasteiger partial charge in [0.15, 0.2) is 5.79 Å². The Morgan fingerprint density at radius 2 is 1.79 bits per heavy atom. The van der Waals surface area contributed by atoms with E-state index >= 15 is 0 Å². The van der Waals surface area contributed by atoms with Gasteiger partial charge in [-0.1, -0.05) is 0 Å². The molecule has 19 heavy (non-hydrogen) atoms. The van der Waals surface area contributed by atoms with Gasteiger partial charge in [0.1, 0.15) is 5.75 Å². The van der Waals surface area contributed by atoms with E-state index < -0.39 is 5.79 Å². The summed E-state index contributed by atoms with van der Waals surface area (Å²) in [4.78, 5) is 6.54. The molecule has 0 saturated heterocycles. The zero-order chi connectivity index (χ0) is 14.2. The van der Waals surface area contributed by atoms with Gasteiger partial charge in [-0.2, -0.15) is 0 Å². The number of pyridine rings is 1. The van der Waals surface area contributed by atoms with Gasteiger partial charge in [0, 0.05) is 17.7 Å². The van der Waals surface area contributed by atoms with Gasteiger partial charge < -0.3 is 19.5 Å². The van der Waals surface area contributed by atoms with Crippen LogP contribution in [0.3, 0.4) is 0 Å². The molecule has 106 valence electrons. The van der Waals surface area contributed by atoms with Crippen LogP contribution in [0.2, 0.25) is 0 Å². The highest BCUT2D eigenvalue weighted by Gasteiger charge is 2.28. The maximum Gasteiger partial charge on any atom is 0.163 e. The Hall–Kier alpha value is -1.17. The second-order valence-corrected chi connectivity index (χ2v) is 5.66. The molecule has 0 atom stereocenters. The van der Waals surface area contributed by atoms with E-state index in [2.05, 4.69) is 9.88 Å². The zero-order valence-electron chi connectivity index (χ0n) is 12.3. The first-order valence-corrected chi connectivity index (χ1v) is 6.43. The fourth-order valence-electron chi connectivity index (χ4n) is 2.15. The lowest BCUT2D eigenvalue weighted by molar-refractivity contribution is -0.219. The van der Waals surface area contributed by atoms with Gasteiger partial charge in [0.2, 0.25) is 0 Å². The molecule has 0 spiro atoms. The van der Waals surface area contributed by atoms with Gasteiger partial charge in [-0.05, 0) is 34.9 Å². The molecule has 5 heteroatoms. The lowest BCUT2D eigenvalue weighted by atomic mass is 10.0. The number of rotatable bonds is 2. The number of aromatic nitrogens is 1. The first-order chi connectivity index (χ1) is 8.80. The number of aromatic hydroxyl groups is 1. The highest BCUT2D eigenvalue weighted by Crippen LogP contribution is 2.33. The van der Waals surface area contributed by atoms with E-state index in [4.69, 9.17) is 9.47 Å². The molecule has 0 bridgehead atoms. The summed E-state index contributed by atoms with van der Waals surface area (Å²) in [6.07, 6.45) is 0. The third kappa shape index (κ3) is 3.05. The summed E-state index contributed by atoms with van der Waals surface area (Å²) in [5, 5.41) is 10.2. The van der Waals surface area contributed by atoms with Crippen molar-refractivity contribution < 1.29 is 14.6 Å². The maximum absolute atomic E-state index is 10.2. The van der Waals surface area contributed by atoms with Crippen molar-refractivity contribution in [1.82, 2.24) is 9.88 Å². The summed E-state index contributed by atoms with van der Waals surface area (Å²) in [5.74, 6) is -0.423. The molecule has 0 aliphatic carbocycles. The lowest BCUT2D eigenvalue weighted by Crippen LogP contribution is -2.25. The van der Waals surface area contributed by atoms with Gasteiger partial charge in [0.25, 0.3) is 0 Å². The van der Waals surface area contributed by atoms with E-state index in [1.807, 2.05) is 34.9 Å². The van der Waals surface area contributed by atoms with Gasteiger partial charge in [-0.25, -0.2) is 0 Å². The second kappa shape index (κ2) is 5.07. The average molecular weight is 266 g/mol. The number of fused-ring (bicyclic) bond motifs is 1. The highest BCUT2D eigenvalue weighted by atomic mass is 16.7. The minimum Gasteiger partial charge on any atom is -0.506 e. The van der Waals surface area contributed by atoms with Crippen molar-refractivity contribution in [2.75, 3.05) is 14.1 Å². The molecule has 1 aromatic rings. The summed E-state index contributed by atoms with van der Waals surface area (Å²) in [7, 11) is 3.99. The smallest absolute Gasteiger partial charge is 0.163 e. The molecule has 0 saturated carbocycles. The third-order valence-electron chi connectivity index (χ3n) is 3.24. The molecule has 5 nitrogen and oxygen atoms in total. The van der Waals surface area contributed by atoms with Crippen molar-refractivity contribution in [3.05, 3.63) is 22.5 Å². The molecule has 2 rings (SSSR count). The second-order valence-electron chi connectivity index (χ2n) is 5.66. The number of nitrogens with zero attached hydrogens (tertiary/aromatic N) is 2. The van der Waals surface area contributed by atoms with Gasteiger partial charge in [-0.3, -0.25) is 4.98 Å². The molecular formula is C14H22N2O3. The fourth-order valence-corrected chi connectivity index (χ4v) is 2.15. The molecule has 0 aromatic carbocycles. The van der Waals surface area contributed by atoms with Crippen LogP contribution < -0.4 is 0 Å². The summed E-state index contributed by atoms with van der Waals surface area (Å²) in [5.41, 5.74) is 3.33. The van der Waals surface area contributed by atoms with Crippen LogP contribution in [0.25, 0.3) is 0 Å². The molecule has 1 N–H and O–H groups in total. The Bertz CT molecular complexity index is 484. The van der Waals surface area contributed by atoms with E-state index in [-0.39, 0.29) is 5.75 Å². The molecule has 0 fully saturated rings. The van der Waals surface area contributed by atoms with Crippen LogP contribution in [-0.2, 0) is 29.2 Å². The fraction of sp³-hybridized carbons (Fsp3) is 0.643. The first kappa shape index (κ1) is 14.2. The van der Waals surface area contributed by atoms with Crippen LogP contribution in [0, 0.1) is 6.92 Å². The Labute approximate surface area is 114 Å². The number of ether oxygens (including phenoxy) is 2. The molecule has 0 unspecified atom stereocenters. The number of hydrogen-bond donors (Lipinski definition) is 1. The molecule has 1 aliphatic heterocycles. The molecule has 2 heterocycles. The monoisotopic (exact) mass is 266 g/mol. The number of hydrogen-bond acceptors (Lipinski definition) is 5. The summed E-state index contributed by atoms with van der Waals surface area (Å²) >= 11 is 0. The lowest BCUT2D eigenvalue weighted by Gasteiger charge is -2.22. The normalized spacial score (nSPS) is 18.2. The Balaban J connectivity index is 2.47. The minimum atomic E-state index is -0.644. The van der Waals surface area contributed by atoms with Crippen LogP contribution in [0.15, 0.2) is 0 Å². The van der Waals surface area contributed by atoms with E-state index in [9.17, 15) is 5.11 Å².